The van der Waals surface area contributed by atoms with Gasteiger partial charge in [-0.3, -0.25) is 0 Å². The van der Waals surface area contributed by atoms with E-state index >= 15 is 0 Å². The molecule has 0 atom stereocenters. The highest BCUT2D eigenvalue weighted by molar-refractivity contribution is 8.33. The first-order valence-corrected chi connectivity index (χ1v) is 5.33. The van der Waals surface area contributed by atoms with Crippen LogP contribution in [0.5, 0.6) is 0 Å². The summed E-state index contributed by atoms with van der Waals surface area (Å²) in [5, 5.41) is 0. The lowest BCUT2D eigenvalue weighted by Crippen LogP contribution is -2.43. The molecule has 2 N–H and O–H groups in total. The monoisotopic (exact) mass is 119 g/mol. The Balaban J connectivity index is 2.29. The second kappa shape index (κ2) is 1.39. The molecule has 1 aliphatic heterocycles. The minimum atomic E-state index is -0.156. The highest BCUT2D eigenvalue weighted by Crippen LogP contribution is 2.48. The Labute approximate surface area is 46.6 Å². The smallest absolute Gasteiger partial charge is 0.0192 e. The van der Waals surface area contributed by atoms with E-state index in [1.165, 1.54) is 11.5 Å². The van der Waals surface area contributed by atoms with Crippen molar-refractivity contribution in [2.75, 3.05) is 24.0 Å². The fraction of sp³-hybridized carbons (Fsp3) is 1.00. The molecule has 1 aliphatic rings. The van der Waals surface area contributed by atoms with E-state index < -0.39 is 0 Å². The fourth-order valence-electron chi connectivity index (χ4n) is 1.11. The first-order valence-electron chi connectivity index (χ1n) is 2.54. The maximum atomic E-state index is 5.57. The van der Waals surface area contributed by atoms with Gasteiger partial charge in [0.2, 0.25) is 0 Å². The lowest BCUT2D eigenvalue weighted by Gasteiger charge is -2.45. The van der Waals surface area contributed by atoms with Crippen molar-refractivity contribution in [2.45, 2.75) is 6.04 Å². The number of rotatable bonds is 0. The summed E-state index contributed by atoms with van der Waals surface area (Å²) in [7, 11) is -0.156. The molecule has 0 radical (unpaired) electrons. The van der Waals surface area contributed by atoms with Gasteiger partial charge >= 0.3 is 0 Å². The minimum Gasteiger partial charge on any atom is -0.326 e. The number of hydrogen-bond donors (Lipinski definition) is 1. The van der Waals surface area contributed by atoms with Crippen molar-refractivity contribution in [3.8, 4) is 0 Å². The van der Waals surface area contributed by atoms with Gasteiger partial charge in [0.15, 0.2) is 0 Å². The van der Waals surface area contributed by atoms with Gasteiger partial charge in [-0.1, -0.05) is 0 Å². The Morgan fingerprint density at radius 1 is 1.43 bits per heavy atom. The van der Waals surface area contributed by atoms with Crippen molar-refractivity contribution < 1.29 is 0 Å². The number of nitrogens with two attached hydrogens (primary N) is 1. The molecule has 7 heavy (non-hydrogen) atoms. The van der Waals surface area contributed by atoms with Gasteiger partial charge in [-0.2, -0.15) is 0 Å². The van der Waals surface area contributed by atoms with Gasteiger partial charge in [0.05, 0.1) is 0 Å². The number of hydrogen-bond acceptors (Lipinski definition) is 1. The summed E-state index contributed by atoms with van der Waals surface area (Å²) in [4.78, 5) is 0. The van der Waals surface area contributed by atoms with Gasteiger partial charge in [-0.25, -0.2) is 10.0 Å². The van der Waals surface area contributed by atoms with Gasteiger partial charge in [-0.05, 0) is 24.0 Å². The van der Waals surface area contributed by atoms with Crippen molar-refractivity contribution in [3.05, 3.63) is 0 Å². The van der Waals surface area contributed by atoms with Crippen LogP contribution < -0.4 is 5.73 Å². The van der Waals surface area contributed by atoms with Crippen molar-refractivity contribution in [1.82, 2.24) is 0 Å². The van der Waals surface area contributed by atoms with Crippen LogP contribution in [0.15, 0.2) is 0 Å². The summed E-state index contributed by atoms with van der Waals surface area (Å²) in [6, 6.07) is 0.546. The topological polar surface area (TPSA) is 26.0 Å². The van der Waals surface area contributed by atoms with Gasteiger partial charge in [0, 0.05) is 6.04 Å². The van der Waals surface area contributed by atoms with E-state index in [1.807, 2.05) is 0 Å². The third kappa shape index (κ3) is 1.10. The molecular formula is C5H13NS. The summed E-state index contributed by atoms with van der Waals surface area (Å²) >= 11 is 0. The molecule has 1 saturated heterocycles. The Morgan fingerprint density at radius 2 is 1.86 bits per heavy atom. The van der Waals surface area contributed by atoms with E-state index in [2.05, 4.69) is 12.5 Å². The molecule has 0 aromatic heterocycles. The van der Waals surface area contributed by atoms with E-state index in [0.29, 0.717) is 6.04 Å². The van der Waals surface area contributed by atoms with Crippen LogP contribution in [0.3, 0.4) is 0 Å². The Bertz CT molecular complexity index is 72.1. The maximum absolute atomic E-state index is 5.57. The standard InChI is InChI=1S/C5H13NS/c1-7(2)3-5(6)4-7/h5H,3-4,6H2,1-2H3. The molecule has 44 valence electrons. The van der Waals surface area contributed by atoms with Crippen molar-refractivity contribution in [2.24, 2.45) is 5.73 Å². The summed E-state index contributed by atoms with van der Waals surface area (Å²) in [5.74, 6) is 2.60. The zero-order chi connectivity index (χ0) is 5.49. The van der Waals surface area contributed by atoms with Gasteiger partial charge < -0.3 is 5.73 Å². The van der Waals surface area contributed by atoms with Crippen molar-refractivity contribution >= 4 is 10.0 Å². The molecule has 1 nitrogen and oxygen atoms in total. The molecule has 1 heterocycles. The predicted molar refractivity (Wildman–Crippen MR) is 37.1 cm³/mol. The van der Waals surface area contributed by atoms with E-state index in [0.717, 1.165) is 0 Å². The molecule has 0 aromatic rings. The van der Waals surface area contributed by atoms with E-state index in [-0.39, 0.29) is 10.0 Å². The highest BCUT2D eigenvalue weighted by atomic mass is 32.3. The molecule has 0 amide bonds. The second-order valence-electron chi connectivity index (χ2n) is 2.86. The Hall–Kier alpha value is 0.310. The largest absolute Gasteiger partial charge is 0.326 e. The normalized spacial score (nSPS) is 34.1. The van der Waals surface area contributed by atoms with E-state index in [9.17, 15) is 0 Å². The van der Waals surface area contributed by atoms with Crippen LogP contribution >= 0.6 is 10.0 Å². The molecule has 2 heteroatoms. The highest BCUT2D eigenvalue weighted by Gasteiger charge is 2.28. The molecule has 0 spiro atoms. The average Bonchev–Trinajstić information content (AvgIpc) is 1.27. The second-order valence-corrected chi connectivity index (χ2v) is 7.06. The molecule has 0 aromatic carbocycles. The zero-order valence-electron chi connectivity index (χ0n) is 4.98. The lowest BCUT2D eigenvalue weighted by molar-refractivity contribution is 0.802. The SMILES string of the molecule is CS1(C)CC(N)C1. The molecular weight excluding hydrogens is 106 g/mol. The van der Waals surface area contributed by atoms with Crippen LogP contribution in [-0.2, 0) is 0 Å². The predicted octanol–water partition coefficient (Wildman–Crippen LogP) is 0.392. The first kappa shape index (κ1) is 5.45. The third-order valence-electron chi connectivity index (χ3n) is 1.33. The summed E-state index contributed by atoms with van der Waals surface area (Å²) in [5.41, 5.74) is 5.57. The van der Waals surface area contributed by atoms with Crippen LogP contribution in [0, 0.1) is 0 Å². The van der Waals surface area contributed by atoms with E-state index in [1.54, 1.807) is 0 Å². The van der Waals surface area contributed by atoms with Crippen LogP contribution in [0.25, 0.3) is 0 Å². The fourth-order valence-corrected chi connectivity index (χ4v) is 3.33. The van der Waals surface area contributed by atoms with Crippen molar-refractivity contribution in [3.63, 3.8) is 0 Å². The van der Waals surface area contributed by atoms with Gasteiger partial charge in [0.25, 0.3) is 0 Å². The lowest BCUT2D eigenvalue weighted by atomic mass is 10.4. The first-order chi connectivity index (χ1) is 3.10. The Kier molecular flexibility index (Phi) is 1.08. The molecule has 1 rings (SSSR count). The van der Waals surface area contributed by atoms with Crippen LogP contribution in [-0.4, -0.2) is 30.1 Å². The summed E-state index contributed by atoms with van der Waals surface area (Å²) in [6.07, 6.45) is 4.69. The molecule has 1 fully saturated rings. The third-order valence-corrected chi connectivity index (χ3v) is 3.99. The molecule has 0 saturated carbocycles. The van der Waals surface area contributed by atoms with E-state index in [4.69, 9.17) is 5.73 Å². The van der Waals surface area contributed by atoms with Crippen LogP contribution in [0.4, 0.5) is 0 Å². The average molecular weight is 119 g/mol. The van der Waals surface area contributed by atoms with Gasteiger partial charge in [-0.15, -0.1) is 0 Å². The van der Waals surface area contributed by atoms with Crippen LogP contribution in [0.2, 0.25) is 0 Å². The Morgan fingerprint density at radius 3 is 1.86 bits per heavy atom. The molecule has 0 bridgehead atoms. The maximum Gasteiger partial charge on any atom is 0.0192 e. The molecule has 0 unspecified atom stereocenters. The molecule has 0 aliphatic carbocycles. The van der Waals surface area contributed by atoms with Crippen molar-refractivity contribution in [1.29, 1.82) is 0 Å². The van der Waals surface area contributed by atoms with Crippen LogP contribution in [0.1, 0.15) is 0 Å². The minimum absolute atomic E-state index is 0.156. The zero-order valence-corrected chi connectivity index (χ0v) is 5.79. The summed E-state index contributed by atoms with van der Waals surface area (Å²) < 4.78 is 0. The van der Waals surface area contributed by atoms with Gasteiger partial charge in [0.1, 0.15) is 0 Å². The quantitative estimate of drug-likeness (QED) is 0.490. The summed E-state index contributed by atoms with van der Waals surface area (Å²) in [6.45, 7) is 0.